The number of nitrogens with one attached hydrogen (secondary N) is 1. The van der Waals surface area contributed by atoms with E-state index in [1.807, 2.05) is 0 Å². The van der Waals surface area contributed by atoms with Crippen LogP contribution in [-0.4, -0.2) is 27.7 Å². The summed E-state index contributed by atoms with van der Waals surface area (Å²) in [4.78, 5) is 0. The number of rotatable bonds is 5. The molecular formula is C8H15FN4. The lowest BCUT2D eigenvalue weighted by atomic mass is 10.3. The third-order valence-electron chi connectivity index (χ3n) is 1.59. The molecule has 4 nitrogen and oxygen atoms in total. The van der Waals surface area contributed by atoms with Gasteiger partial charge in [-0.2, -0.15) is 0 Å². The van der Waals surface area contributed by atoms with Crippen LogP contribution in [0.4, 0.5) is 4.39 Å². The molecule has 0 atom stereocenters. The number of aromatic nitrogens is 3. The van der Waals surface area contributed by atoms with Crippen molar-refractivity contribution < 1.29 is 4.39 Å². The predicted molar refractivity (Wildman–Crippen MR) is 48.0 cm³/mol. The fraction of sp³-hybridized carbons (Fsp3) is 0.750. The van der Waals surface area contributed by atoms with Gasteiger partial charge in [-0.05, 0) is 0 Å². The summed E-state index contributed by atoms with van der Waals surface area (Å²) < 4.78 is 13.4. The first-order valence-corrected chi connectivity index (χ1v) is 4.40. The lowest BCUT2D eigenvalue weighted by Gasteiger charge is -2.03. The average Bonchev–Trinajstić information content (AvgIpc) is 2.50. The second-order valence-corrected chi connectivity index (χ2v) is 3.20. The maximum atomic E-state index is 11.9. The molecule has 0 spiro atoms. The van der Waals surface area contributed by atoms with Gasteiger partial charge in [-0.15, -0.1) is 5.10 Å². The molecule has 74 valence electrons. The van der Waals surface area contributed by atoms with E-state index in [-0.39, 0.29) is 6.54 Å². The molecule has 13 heavy (non-hydrogen) atoms. The number of alkyl halides is 1. The quantitative estimate of drug-likeness (QED) is 0.737. The standard InChI is InChI=1S/C8H15FN4/c1-7(2)10-5-8-6-13(4-3-9)12-11-8/h6-7,10H,3-5H2,1-2H3. The minimum absolute atomic E-state index is 0.286. The Morgan fingerprint density at radius 3 is 3.00 bits per heavy atom. The van der Waals surface area contributed by atoms with Crippen LogP contribution >= 0.6 is 0 Å². The fourth-order valence-electron chi connectivity index (χ4n) is 0.924. The summed E-state index contributed by atoms with van der Waals surface area (Å²) in [5.41, 5.74) is 0.849. The summed E-state index contributed by atoms with van der Waals surface area (Å²) in [6.07, 6.45) is 1.76. The van der Waals surface area contributed by atoms with Crippen molar-refractivity contribution in [3.05, 3.63) is 11.9 Å². The van der Waals surface area contributed by atoms with Crippen LogP contribution in [0.1, 0.15) is 19.5 Å². The normalized spacial score (nSPS) is 11.1. The van der Waals surface area contributed by atoms with Crippen molar-refractivity contribution in [3.8, 4) is 0 Å². The number of hydrogen-bond acceptors (Lipinski definition) is 3. The Bertz CT molecular complexity index is 246. The highest BCUT2D eigenvalue weighted by atomic mass is 19.1. The molecule has 1 aromatic rings. The molecular weight excluding hydrogens is 171 g/mol. The van der Waals surface area contributed by atoms with Crippen molar-refractivity contribution in [3.63, 3.8) is 0 Å². The first-order valence-electron chi connectivity index (χ1n) is 4.40. The lowest BCUT2D eigenvalue weighted by Crippen LogP contribution is -2.21. The smallest absolute Gasteiger partial charge is 0.109 e. The minimum Gasteiger partial charge on any atom is -0.309 e. The molecule has 0 saturated heterocycles. The number of hydrogen-bond donors (Lipinski definition) is 1. The van der Waals surface area contributed by atoms with Gasteiger partial charge in [-0.3, -0.25) is 0 Å². The molecule has 0 fully saturated rings. The van der Waals surface area contributed by atoms with E-state index in [2.05, 4.69) is 29.5 Å². The molecule has 0 aromatic carbocycles. The van der Waals surface area contributed by atoms with Gasteiger partial charge in [0.2, 0.25) is 0 Å². The van der Waals surface area contributed by atoms with Crippen molar-refractivity contribution in [1.29, 1.82) is 0 Å². The Kier molecular flexibility index (Phi) is 3.82. The summed E-state index contributed by atoms with van der Waals surface area (Å²) in [5.74, 6) is 0. The molecule has 0 radical (unpaired) electrons. The Morgan fingerprint density at radius 2 is 2.38 bits per heavy atom. The highest BCUT2D eigenvalue weighted by molar-refractivity contribution is 4.91. The number of nitrogens with zero attached hydrogens (tertiary/aromatic N) is 3. The number of halogens is 1. The molecule has 0 aliphatic carbocycles. The molecule has 0 bridgehead atoms. The van der Waals surface area contributed by atoms with Crippen molar-refractivity contribution in [2.24, 2.45) is 0 Å². The zero-order valence-corrected chi connectivity index (χ0v) is 8.00. The highest BCUT2D eigenvalue weighted by Gasteiger charge is 2.00. The predicted octanol–water partition coefficient (Wildman–Crippen LogP) is 0.746. The van der Waals surface area contributed by atoms with Crippen LogP contribution in [0.15, 0.2) is 6.20 Å². The summed E-state index contributed by atoms with van der Waals surface area (Å²) in [6, 6.07) is 0.423. The van der Waals surface area contributed by atoms with Gasteiger partial charge in [0.05, 0.1) is 12.2 Å². The Morgan fingerprint density at radius 1 is 1.62 bits per heavy atom. The first-order chi connectivity index (χ1) is 6.22. The van der Waals surface area contributed by atoms with Crippen LogP contribution < -0.4 is 5.32 Å². The maximum Gasteiger partial charge on any atom is 0.109 e. The van der Waals surface area contributed by atoms with E-state index in [1.165, 1.54) is 4.68 Å². The lowest BCUT2D eigenvalue weighted by molar-refractivity contribution is 0.422. The van der Waals surface area contributed by atoms with Gasteiger partial charge < -0.3 is 5.32 Å². The van der Waals surface area contributed by atoms with Gasteiger partial charge >= 0.3 is 0 Å². The number of aryl methyl sites for hydroxylation is 1. The van der Waals surface area contributed by atoms with E-state index in [1.54, 1.807) is 6.20 Å². The molecule has 0 amide bonds. The largest absolute Gasteiger partial charge is 0.309 e. The fourth-order valence-corrected chi connectivity index (χ4v) is 0.924. The van der Waals surface area contributed by atoms with Crippen LogP contribution in [0, 0.1) is 0 Å². The maximum absolute atomic E-state index is 11.9. The Labute approximate surface area is 77.1 Å². The molecule has 0 unspecified atom stereocenters. The van der Waals surface area contributed by atoms with E-state index in [0.29, 0.717) is 12.6 Å². The third kappa shape index (κ3) is 3.50. The molecule has 1 heterocycles. The zero-order valence-electron chi connectivity index (χ0n) is 8.00. The molecule has 0 saturated carbocycles. The van der Waals surface area contributed by atoms with E-state index < -0.39 is 6.67 Å². The molecule has 1 N–H and O–H groups in total. The van der Waals surface area contributed by atoms with Crippen LogP contribution in [0.5, 0.6) is 0 Å². The SMILES string of the molecule is CC(C)NCc1cn(CCF)nn1. The van der Waals surface area contributed by atoms with E-state index >= 15 is 0 Å². The van der Waals surface area contributed by atoms with Gasteiger partial charge in [-0.25, -0.2) is 9.07 Å². The van der Waals surface area contributed by atoms with E-state index in [9.17, 15) is 4.39 Å². The first kappa shape index (κ1) is 10.1. The van der Waals surface area contributed by atoms with Gasteiger partial charge in [0, 0.05) is 18.8 Å². The van der Waals surface area contributed by atoms with Gasteiger partial charge in [-0.1, -0.05) is 19.1 Å². The van der Waals surface area contributed by atoms with Crippen molar-refractivity contribution in [2.75, 3.05) is 6.67 Å². The van der Waals surface area contributed by atoms with Crippen molar-refractivity contribution in [1.82, 2.24) is 20.3 Å². The van der Waals surface area contributed by atoms with Gasteiger partial charge in [0.15, 0.2) is 0 Å². The second kappa shape index (κ2) is 4.91. The summed E-state index contributed by atoms with van der Waals surface area (Å²) in [5, 5.41) is 10.9. The topological polar surface area (TPSA) is 42.7 Å². The summed E-state index contributed by atoms with van der Waals surface area (Å²) in [6.45, 7) is 4.69. The third-order valence-corrected chi connectivity index (χ3v) is 1.59. The van der Waals surface area contributed by atoms with Crippen LogP contribution in [0.25, 0.3) is 0 Å². The molecule has 0 aliphatic heterocycles. The highest BCUT2D eigenvalue weighted by Crippen LogP contribution is 1.93. The minimum atomic E-state index is -0.402. The van der Waals surface area contributed by atoms with Crippen molar-refractivity contribution >= 4 is 0 Å². The van der Waals surface area contributed by atoms with Gasteiger partial charge in [0.1, 0.15) is 6.67 Å². The molecule has 1 aromatic heterocycles. The molecule has 1 rings (SSSR count). The summed E-state index contributed by atoms with van der Waals surface area (Å²) >= 11 is 0. The van der Waals surface area contributed by atoms with Crippen LogP contribution in [0.3, 0.4) is 0 Å². The van der Waals surface area contributed by atoms with Crippen LogP contribution in [0.2, 0.25) is 0 Å². The summed E-state index contributed by atoms with van der Waals surface area (Å²) in [7, 11) is 0. The molecule has 0 aliphatic rings. The van der Waals surface area contributed by atoms with Gasteiger partial charge in [0.25, 0.3) is 0 Å². The molecule has 5 heteroatoms. The monoisotopic (exact) mass is 186 g/mol. The van der Waals surface area contributed by atoms with Crippen LogP contribution in [-0.2, 0) is 13.1 Å². The van der Waals surface area contributed by atoms with E-state index in [4.69, 9.17) is 0 Å². The zero-order chi connectivity index (χ0) is 9.68. The Balaban J connectivity index is 2.39. The van der Waals surface area contributed by atoms with Crippen molar-refractivity contribution in [2.45, 2.75) is 33.0 Å². The average molecular weight is 186 g/mol. The Hall–Kier alpha value is -0.970. The van der Waals surface area contributed by atoms with E-state index in [0.717, 1.165) is 5.69 Å². The second-order valence-electron chi connectivity index (χ2n) is 3.20.